The third kappa shape index (κ3) is 4.64. The smallest absolute Gasteiger partial charge is 0.261 e. The molecule has 2 N–H and O–H groups in total. The van der Waals surface area contributed by atoms with Crippen molar-refractivity contribution in [3.63, 3.8) is 0 Å². The van der Waals surface area contributed by atoms with Gasteiger partial charge in [0.15, 0.2) is 0 Å². The molecule has 2 aromatic rings. The van der Waals surface area contributed by atoms with Gasteiger partial charge in [0.25, 0.3) is 17.7 Å². The standard InChI is InChI=1S/C21H22N4O3.2ClH/c1-13-4-7-23-11-18(13)24-19(26)15-2-3-16-17(10-15)21(28)25(20(16)27)12-14-5-8-22-9-6-14;;/h2-3,5-6,8-10,13,18,23H,4,7,11-12H2,1H3,(H,24,26);2*1H. The Labute approximate surface area is 187 Å². The second-order valence-electron chi connectivity index (χ2n) is 7.36. The van der Waals surface area contributed by atoms with E-state index in [0.29, 0.717) is 17.0 Å². The summed E-state index contributed by atoms with van der Waals surface area (Å²) in [6.45, 7) is 3.99. The molecule has 160 valence electrons. The number of hydrogen-bond acceptors (Lipinski definition) is 5. The van der Waals surface area contributed by atoms with Crippen molar-refractivity contribution in [3.8, 4) is 0 Å². The molecule has 0 aliphatic carbocycles. The van der Waals surface area contributed by atoms with Gasteiger partial charge in [0.05, 0.1) is 17.7 Å². The number of amides is 3. The van der Waals surface area contributed by atoms with Crippen LogP contribution in [0.25, 0.3) is 0 Å². The average molecular weight is 451 g/mol. The van der Waals surface area contributed by atoms with Gasteiger partial charge in [-0.1, -0.05) is 6.92 Å². The maximum absolute atomic E-state index is 12.8. The molecule has 0 saturated carbocycles. The van der Waals surface area contributed by atoms with Gasteiger partial charge in [0.1, 0.15) is 0 Å². The van der Waals surface area contributed by atoms with E-state index in [1.54, 1.807) is 36.7 Å². The van der Waals surface area contributed by atoms with Gasteiger partial charge in [-0.3, -0.25) is 24.3 Å². The second-order valence-corrected chi connectivity index (χ2v) is 7.36. The topological polar surface area (TPSA) is 91.4 Å². The minimum atomic E-state index is -0.376. The number of nitrogens with one attached hydrogen (secondary N) is 2. The van der Waals surface area contributed by atoms with Gasteiger partial charge in [-0.15, -0.1) is 24.8 Å². The van der Waals surface area contributed by atoms with Crippen LogP contribution in [0, 0.1) is 5.92 Å². The van der Waals surface area contributed by atoms with Crippen molar-refractivity contribution in [1.82, 2.24) is 20.5 Å². The normalized spacial score (nSPS) is 20.1. The fourth-order valence-electron chi connectivity index (χ4n) is 3.68. The lowest BCUT2D eigenvalue weighted by atomic mass is 9.94. The largest absolute Gasteiger partial charge is 0.348 e. The van der Waals surface area contributed by atoms with Crippen LogP contribution >= 0.6 is 24.8 Å². The molecular weight excluding hydrogens is 427 g/mol. The molecule has 7 nitrogen and oxygen atoms in total. The number of benzene rings is 1. The summed E-state index contributed by atoms with van der Waals surface area (Å²) in [5, 5.41) is 6.32. The zero-order chi connectivity index (χ0) is 19.7. The zero-order valence-electron chi connectivity index (χ0n) is 16.5. The van der Waals surface area contributed by atoms with Crippen LogP contribution in [0.3, 0.4) is 0 Å². The first-order valence-electron chi connectivity index (χ1n) is 9.45. The Balaban J connectivity index is 0.00000160. The summed E-state index contributed by atoms with van der Waals surface area (Å²) in [5.74, 6) is -0.553. The molecule has 3 amide bonds. The molecule has 2 unspecified atom stereocenters. The summed E-state index contributed by atoms with van der Waals surface area (Å²) in [6, 6.07) is 8.28. The van der Waals surface area contributed by atoms with E-state index >= 15 is 0 Å². The molecule has 4 rings (SSSR count). The third-order valence-electron chi connectivity index (χ3n) is 5.47. The number of rotatable bonds is 4. The molecule has 1 aromatic heterocycles. The molecule has 0 spiro atoms. The molecule has 1 saturated heterocycles. The molecule has 2 aliphatic rings. The molecule has 1 fully saturated rings. The Morgan fingerprint density at radius 1 is 1.13 bits per heavy atom. The van der Waals surface area contributed by atoms with E-state index in [2.05, 4.69) is 22.5 Å². The van der Waals surface area contributed by atoms with Gasteiger partial charge in [-0.2, -0.15) is 0 Å². The van der Waals surface area contributed by atoms with Gasteiger partial charge < -0.3 is 10.6 Å². The highest BCUT2D eigenvalue weighted by Gasteiger charge is 2.36. The summed E-state index contributed by atoms with van der Waals surface area (Å²) < 4.78 is 0. The number of hydrogen-bond donors (Lipinski definition) is 2. The lowest BCUT2D eigenvalue weighted by molar-refractivity contribution is 0.0642. The maximum atomic E-state index is 12.8. The fraction of sp³-hybridized carbons (Fsp3) is 0.333. The van der Waals surface area contributed by atoms with Gasteiger partial charge in [-0.05, 0) is 54.8 Å². The monoisotopic (exact) mass is 450 g/mol. The number of imide groups is 1. The molecule has 2 aliphatic heterocycles. The van der Waals surface area contributed by atoms with E-state index in [1.165, 1.54) is 11.0 Å². The summed E-state index contributed by atoms with van der Waals surface area (Å²) in [7, 11) is 0. The summed E-state index contributed by atoms with van der Waals surface area (Å²) in [6.07, 6.45) is 4.25. The minimum absolute atomic E-state index is 0. The van der Waals surface area contributed by atoms with E-state index in [-0.39, 0.29) is 60.7 Å². The van der Waals surface area contributed by atoms with E-state index in [1.807, 2.05) is 0 Å². The van der Waals surface area contributed by atoms with E-state index in [0.717, 1.165) is 25.1 Å². The van der Waals surface area contributed by atoms with Crippen LogP contribution in [-0.4, -0.2) is 46.7 Å². The van der Waals surface area contributed by atoms with Crippen LogP contribution in [0.15, 0.2) is 42.7 Å². The highest BCUT2D eigenvalue weighted by Crippen LogP contribution is 2.26. The van der Waals surface area contributed by atoms with Crippen molar-refractivity contribution in [1.29, 1.82) is 0 Å². The molecule has 30 heavy (non-hydrogen) atoms. The van der Waals surface area contributed by atoms with Gasteiger partial charge in [-0.25, -0.2) is 0 Å². The van der Waals surface area contributed by atoms with Crippen LogP contribution in [0.2, 0.25) is 0 Å². The molecule has 1 aromatic carbocycles. The Bertz CT molecular complexity index is 939. The van der Waals surface area contributed by atoms with Gasteiger partial charge in [0.2, 0.25) is 0 Å². The Morgan fingerprint density at radius 2 is 1.83 bits per heavy atom. The average Bonchev–Trinajstić information content (AvgIpc) is 2.95. The highest BCUT2D eigenvalue weighted by molar-refractivity contribution is 6.22. The van der Waals surface area contributed by atoms with Crippen LogP contribution in [0.5, 0.6) is 0 Å². The van der Waals surface area contributed by atoms with Crippen molar-refractivity contribution < 1.29 is 14.4 Å². The molecule has 0 radical (unpaired) electrons. The first-order chi connectivity index (χ1) is 13.5. The number of aromatic nitrogens is 1. The van der Waals surface area contributed by atoms with E-state index < -0.39 is 0 Å². The minimum Gasteiger partial charge on any atom is -0.348 e. The predicted octanol–water partition coefficient (Wildman–Crippen LogP) is 2.45. The van der Waals surface area contributed by atoms with Crippen LogP contribution < -0.4 is 10.6 Å². The predicted molar refractivity (Wildman–Crippen MR) is 117 cm³/mol. The third-order valence-corrected chi connectivity index (χ3v) is 5.47. The highest BCUT2D eigenvalue weighted by atomic mass is 35.5. The van der Waals surface area contributed by atoms with Crippen LogP contribution in [-0.2, 0) is 6.54 Å². The molecular formula is C21H24Cl2N4O3. The number of carbonyl (C=O) groups excluding carboxylic acids is 3. The van der Waals surface area contributed by atoms with Crippen molar-refractivity contribution in [2.45, 2.75) is 25.9 Å². The first-order valence-corrected chi connectivity index (χ1v) is 9.45. The van der Waals surface area contributed by atoms with Gasteiger partial charge in [0, 0.05) is 30.5 Å². The fourth-order valence-corrected chi connectivity index (χ4v) is 3.68. The molecule has 2 atom stereocenters. The number of fused-ring (bicyclic) bond motifs is 1. The summed E-state index contributed by atoms with van der Waals surface area (Å²) >= 11 is 0. The van der Waals surface area contributed by atoms with Crippen molar-refractivity contribution in [2.24, 2.45) is 5.92 Å². The first kappa shape index (κ1) is 23.8. The number of nitrogens with zero attached hydrogens (tertiary/aromatic N) is 2. The van der Waals surface area contributed by atoms with Crippen molar-refractivity contribution in [3.05, 3.63) is 65.0 Å². The number of piperidine rings is 1. The number of pyridine rings is 1. The molecule has 9 heteroatoms. The van der Waals surface area contributed by atoms with E-state index in [9.17, 15) is 14.4 Å². The lowest BCUT2D eigenvalue weighted by Crippen LogP contribution is -2.50. The summed E-state index contributed by atoms with van der Waals surface area (Å²) in [4.78, 5) is 43.2. The molecule has 3 heterocycles. The van der Waals surface area contributed by atoms with Crippen LogP contribution in [0.4, 0.5) is 0 Å². The lowest BCUT2D eigenvalue weighted by Gasteiger charge is -2.30. The Morgan fingerprint density at radius 3 is 2.53 bits per heavy atom. The number of halogens is 2. The Hall–Kier alpha value is -2.48. The SMILES string of the molecule is CC1CCNCC1NC(=O)c1ccc2c(c1)C(=O)N(Cc1ccncc1)C2=O.Cl.Cl. The number of carbonyl (C=O) groups is 3. The summed E-state index contributed by atoms with van der Waals surface area (Å²) in [5.41, 5.74) is 1.83. The van der Waals surface area contributed by atoms with Crippen LogP contribution in [0.1, 0.15) is 50.0 Å². The van der Waals surface area contributed by atoms with Crippen molar-refractivity contribution in [2.75, 3.05) is 13.1 Å². The second kappa shape index (κ2) is 10.0. The van der Waals surface area contributed by atoms with Crippen molar-refractivity contribution >= 4 is 42.5 Å². The Kier molecular flexibility index (Phi) is 7.95. The zero-order valence-corrected chi connectivity index (χ0v) is 18.1. The van der Waals surface area contributed by atoms with E-state index in [4.69, 9.17) is 0 Å². The quantitative estimate of drug-likeness (QED) is 0.697. The van der Waals surface area contributed by atoms with Gasteiger partial charge >= 0.3 is 0 Å². The molecule has 0 bridgehead atoms. The maximum Gasteiger partial charge on any atom is 0.261 e.